The molecule has 3 rings (SSSR count). The van der Waals surface area contributed by atoms with Gasteiger partial charge in [-0.15, -0.1) is 0 Å². The molecule has 0 aliphatic heterocycles. The summed E-state index contributed by atoms with van der Waals surface area (Å²) in [5.41, 5.74) is 1.86. The van der Waals surface area contributed by atoms with Crippen molar-refractivity contribution in [2.24, 2.45) is 0 Å². The highest BCUT2D eigenvalue weighted by Gasteiger charge is 2.22. The monoisotopic (exact) mass is 447 g/mol. The SMILES string of the molecule is COc1ccccc1OCC(=O)N(CCCN(C)C)c1nc2c(C)ccc(Cl)c2s1. The third-order valence-electron chi connectivity index (χ3n) is 4.63. The molecule has 0 radical (unpaired) electrons. The molecule has 2 aromatic carbocycles. The highest BCUT2D eigenvalue weighted by atomic mass is 35.5. The number of rotatable bonds is 9. The van der Waals surface area contributed by atoms with E-state index >= 15 is 0 Å². The van der Waals surface area contributed by atoms with Gasteiger partial charge in [0.05, 0.1) is 22.3 Å². The van der Waals surface area contributed by atoms with E-state index in [0.717, 1.165) is 28.7 Å². The van der Waals surface area contributed by atoms with Crippen molar-refractivity contribution >= 4 is 44.2 Å². The van der Waals surface area contributed by atoms with Crippen molar-refractivity contribution in [1.82, 2.24) is 9.88 Å². The fraction of sp³-hybridized carbons (Fsp3) is 0.364. The van der Waals surface area contributed by atoms with Gasteiger partial charge in [0.1, 0.15) is 0 Å². The number of hydrogen-bond acceptors (Lipinski definition) is 6. The van der Waals surface area contributed by atoms with Crippen molar-refractivity contribution in [2.75, 3.05) is 45.8 Å². The maximum Gasteiger partial charge on any atom is 0.266 e. The summed E-state index contributed by atoms with van der Waals surface area (Å²) >= 11 is 7.80. The average Bonchev–Trinajstić information content (AvgIpc) is 3.18. The van der Waals surface area contributed by atoms with E-state index in [2.05, 4.69) is 4.90 Å². The fourth-order valence-corrected chi connectivity index (χ4v) is 4.39. The Balaban J connectivity index is 1.84. The summed E-state index contributed by atoms with van der Waals surface area (Å²) in [7, 11) is 5.60. The van der Waals surface area contributed by atoms with Crippen LogP contribution in [0.15, 0.2) is 36.4 Å². The lowest BCUT2D eigenvalue weighted by molar-refractivity contribution is -0.120. The van der Waals surface area contributed by atoms with Gasteiger partial charge in [-0.1, -0.05) is 41.1 Å². The molecule has 160 valence electrons. The van der Waals surface area contributed by atoms with Gasteiger partial charge < -0.3 is 14.4 Å². The fourth-order valence-electron chi connectivity index (χ4n) is 3.03. The number of aryl methyl sites for hydroxylation is 1. The number of carbonyl (C=O) groups excluding carboxylic acids is 1. The van der Waals surface area contributed by atoms with E-state index in [1.807, 2.05) is 45.3 Å². The number of nitrogens with zero attached hydrogens (tertiary/aromatic N) is 3. The Morgan fingerprint density at radius 2 is 1.87 bits per heavy atom. The zero-order chi connectivity index (χ0) is 21.7. The number of hydrogen-bond donors (Lipinski definition) is 0. The number of para-hydroxylation sites is 2. The van der Waals surface area contributed by atoms with Crippen LogP contribution in [-0.4, -0.2) is 56.7 Å². The summed E-state index contributed by atoms with van der Waals surface area (Å²) in [5.74, 6) is 0.962. The first-order valence-electron chi connectivity index (χ1n) is 9.67. The van der Waals surface area contributed by atoms with Crippen LogP contribution in [0.1, 0.15) is 12.0 Å². The van der Waals surface area contributed by atoms with Crippen LogP contribution in [0, 0.1) is 6.92 Å². The highest BCUT2D eigenvalue weighted by molar-refractivity contribution is 7.23. The van der Waals surface area contributed by atoms with E-state index in [0.29, 0.717) is 28.2 Å². The van der Waals surface area contributed by atoms with Crippen LogP contribution in [-0.2, 0) is 4.79 Å². The third-order valence-corrected chi connectivity index (χ3v) is 6.16. The first-order chi connectivity index (χ1) is 14.4. The van der Waals surface area contributed by atoms with E-state index in [4.69, 9.17) is 26.1 Å². The summed E-state index contributed by atoms with van der Waals surface area (Å²) in [4.78, 5) is 21.6. The second-order valence-corrected chi connectivity index (χ2v) is 8.56. The molecular formula is C22H26ClN3O3S. The number of thiazole rings is 1. The number of methoxy groups -OCH3 is 1. The van der Waals surface area contributed by atoms with Crippen molar-refractivity contribution in [3.05, 3.63) is 47.0 Å². The van der Waals surface area contributed by atoms with Gasteiger partial charge in [0, 0.05) is 6.54 Å². The Labute approximate surface area is 186 Å². The van der Waals surface area contributed by atoms with E-state index in [-0.39, 0.29) is 12.5 Å². The number of anilines is 1. The number of benzene rings is 2. The molecule has 0 fully saturated rings. The molecule has 6 nitrogen and oxygen atoms in total. The molecule has 0 unspecified atom stereocenters. The molecule has 0 saturated heterocycles. The van der Waals surface area contributed by atoms with Crippen molar-refractivity contribution in [3.63, 3.8) is 0 Å². The summed E-state index contributed by atoms with van der Waals surface area (Å²) in [6.07, 6.45) is 0.816. The topological polar surface area (TPSA) is 54.9 Å². The van der Waals surface area contributed by atoms with Gasteiger partial charge in [-0.2, -0.15) is 0 Å². The Morgan fingerprint density at radius 3 is 2.53 bits per heavy atom. The van der Waals surface area contributed by atoms with E-state index < -0.39 is 0 Å². The molecule has 1 aromatic heterocycles. The summed E-state index contributed by atoms with van der Waals surface area (Å²) in [6, 6.07) is 11.1. The van der Waals surface area contributed by atoms with Crippen LogP contribution in [0.25, 0.3) is 10.2 Å². The minimum atomic E-state index is -0.160. The predicted octanol–water partition coefficient (Wildman–Crippen LogP) is 4.63. The lowest BCUT2D eigenvalue weighted by Gasteiger charge is -2.21. The average molecular weight is 448 g/mol. The second kappa shape index (κ2) is 10.1. The molecular weight excluding hydrogens is 422 g/mol. The van der Waals surface area contributed by atoms with Crippen LogP contribution in [0.2, 0.25) is 5.02 Å². The van der Waals surface area contributed by atoms with E-state index in [9.17, 15) is 4.79 Å². The van der Waals surface area contributed by atoms with E-state index in [1.54, 1.807) is 24.1 Å². The van der Waals surface area contributed by atoms with Gasteiger partial charge in [0.25, 0.3) is 5.91 Å². The quantitative estimate of drug-likeness (QED) is 0.478. The minimum Gasteiger partial charge on any atom is -0.493 e. The van der Waals surface area contributed by atoms with Crippen molar-refractivity contribution in [2.45, 2.75) is 13.3 Å². The van der Waals surface area contributed by atoms with Crippen molar-refractivity contribution in [3.8, 4) is 11.5 Å². The second-order valence-electron chi connectivity index (χ2n) is 7.18. The number of carbonyl (C=O) groups is 1. The zero-order valence-electron chi connectivity index (χ0n) is 17.6. The van der Waals surface area contributed by atoms with Gasteiger partial charge in [0.2, 0.25) is 0 Å². The first kappa shape index (κ1) is 22.3. The standard InChI is InChI=1S/C22H26ClN3O3S/c1-15-10-11-16(23)21-20(15)24-22(30-21)26(13-7-12-25(2)3)19(27)14-29-18-9-6-5-8-17(18)28-4/h5-6,8-11H,7,12-14H2,1-4H3. The number of amides is 1. The molecule has 3 aromatic rings. The molecule has 0 N–H and O–H groups in total. The van der Waals surface area contributed by atoms with Crippen LogP contribution in [0.4, 0.5) is 5.13 Å². The Bertz CT molecular complexity index is 983. The molecule has 0 spiro atoms. The smallest absolute Gasteiger partial charge is 0.266 e. The van der Waals surface area contributed by atoms with Crippen molar-refractivity contribution in [1.29, 1.82) is 0 Å². The van der Waals surface area contributed by atoms with Gasteiger partial charge in [-0.25, -0.2) is 4.98 Å². The maximum atomic E-state index is 13.1. The molecule has 30 heavy (non-hydrogen) atoms. The van der Waals surface area contributed by atoms with Gasteiger partial charge in [0.15, 0.2) is 23.2 Å². The highest BCUT2D eigenvalue weighted by Crippen LogP contribution is 2.36. The summed E-state index contributed by atoms with van der Waals surface area (Å²) < 4.78 is 12.0. The van der Waals surface area contributed by atoms with Gasteiger partial charge in [-0.3, -0.25) is 9.69 Å². The lowest BCUT2D eigenvalue weighted by Crippen LogP contribution is -2.36. The van der Waals surface area contributed by atoms with Crippen molar-refractivity contribution < 1.29 is 14.3 Å². The van der Waals surface area contributed by atoms with Crippen LogP contribution < -0.4 is 14.4 Å². The first-order valence-corrected chi connectivity index (χ1v) is 10.9. The molecule has 1 amide bonds. The van der Waals surface area contributed by atoms with Gasteiger partial charge in [-0.05, 0) is 57.7 Å². The largest absolute Gasteiger partial charge is 0.493 e. The Morgan fingerprint density at radius 1 is 1.13 bits per heavy atom. The summed E-state index contributed by atoms with van der Waals surface area (Å²) in [5, 5.41) is 1.28. The Hall–Kier alpha value is -2.35. The normalized spacial score (nSPS) is 11.1. The van der Waals surface area contributed by atoms with Crippen LogP contribution >= 0.6 is 22.9 Å². The zero-order valence-corrected chi connectivity index (χ0v) is 19.2. The van der Waals surface area contributed by atoms with Crippen LogP contribution in [0.3, 0.4) is 0 Å². The lowest BCUT2D eigenvalue weighted by atomic mass is 10.2. The molecule has 0 aliphatic rings. The predicted molar refractivity (Wildman–Crippen MR) is 123 cm³/mol. The van der Waals surface area contributed by atoms with E-state index in [1.165, 1.54) is 11.3 Å². The number of fused-ring (bicyclic) bond motifs is 1. The maximum absolute atomic E-state index is 13.1. The number of halogens is 1. The minimum absolute atomic E-state index is 0.106. The molecule has 0 bridgehead atoms. The van der Waals surface area contributed by atoms with Crippen LogP contribution in [0.5, 0.6) is 11.5 Å². The number of ether oxygens (including phenoxy) is 2. The molecule has 0 aliphatic carbocycles. The number of aromatic nitrogens is 1. The molecule has 0 atom stereocenters. The molecule has 8 heteroatoms. The molecule has 1 heterocycles. The Kier molecular flexibility index (Phi) is 7.53. The third kappa shape index (κ3) is 5.22. The molecule has 0 saturated carbocycles. The summed E-state index contributed by atoms with van der Waals surface area (Å²) in [6.45, 7) is 3.29. The van der Waals surface area contributed by atoms with Gasteiger partial charge >= 0.3 is 0 Å².